The molecular weight excluding hydrogens is 346 g/mol. The predicted molar refractivity (Wildman–Crippen MR) is 110 cm³/mol. The molecule has 7 heteroatoms. The van der Waals surface area contributed by atoms with Gasteiger partial charge in [0.25, 0.3) is 0 Å². The van der Waals surface area contributed by atoms with Crippen LogP contribution in [0.3, 0.4) is 0 Å². The van der Waals surface area contributed by atoms with Gasteiger partial charge in [-0.15, -0.1) is 0 Å². The Bertz CT molecular complexity index is 563. The third kappa shape index (κ3) is 4.82. The van der Waals surface area contributed by atoms with Gasteiger partial charge < -0.3 is 19.9 Å². The van der Waals surface area contributed by atoms with E-state index in [2.05, 4.69) is 49.8 Å². The van der Waals surface area contributed by atoms with Crippen molar-refractivity contribution >= 4 is 23.5 Å². The first-order chi connectivity index (χ1) is 12.8. The Labute approximate surface area is 161 Å². The molecule has 0 aliphatic carbocycles. The summed E-state index contributed by atoms with van der Waals surface area (Å²) in [5.74, 6) is 3.23. The summed E-state index contributed by atoms with van der Waals surface area (Å²) in [6.45, 7) is 8.82. The molecule has 0 atom stereocenters. The second kappa shape index (κ2) is 9.46. The highest BCUT2D eigenvalue weighted by molar-refractivity contribution is 8.00. The topological polar surface area (TPSA) is 53.0 Å². The molecule has 2 saturated heterocycles. The van der Waals surface area contributed by atoms with Gasteiger partial charge in [-0.2, -0.15) is 11.8 Å². The maximum absolute atomic E-state index is 5.58. The van der Waals surface area contributed by atoms with Gasteiger partial charge >= 0.3 is 0 Å². The number of pyridine rings is 1. The van der Waals surface area contributed by atoms with Crippen LogP contribution in [0.2, 0.25) is 0 Å². The summed E-state index contributed by atoms with van der Waals surface area (Å²) in [5, 5.41) is 3.65. The monoisotopic (exact) mass is 377 g/mol. The summed E-state index contributed by atoms with van der Waals surface area (Å²) in [4.78, 5) is 13.7. The fraction of sp³-hybridized carbons (Fsp3) is 0.684. The number of nitrogens with zero attached hydrogens (tertiary/aromatic N) is 4. The van der Waals surface area contributed by atoms with E-state index in [0.717, 1.165) is 76.3 Å². The van der Waals surface area contributed by atoms with Crippen molar-refractivity contribution < 1.29 is 4.74 Å². The minimum atomic E-state index is 0.277. The molecule has 0 bridgehead atoms. The van der Waals surface area contributed by atoms with Crippen LogP contribution >= 0.6 is 11.8 Å². The van der Waals surface area contributed by atoms with E-state index in [4.69, 9.17) is 4.74 Å². The number of guanidine groups is 1. The highest BCUT2D eigenvalue weighted by atomic mass is 32.2. The number of nitrogens with one attached hydrogen (secondary N) is 1. The number of piperazine rings is 1. The van der Waals surface area contributed by atoms with E-state index in [1.807, 2.05) is 25.4 Å². The van der Waals surface area contributed by atoms with Crippen LogP contribution in [0, 0.1) is 0 Å². The summed E-state index contributed by atoms with van der Waals surface area (Å²) in [6.07, 6.45) is 4.09. The second-order valence-electron chi connectivity index (χ2n) is 6.79. The Morgan fingerprint density at radius 3 is 2.65 bits per heavy atom. The number of ether oxygens (including phenoxy) is 1. The van der Waals surface area contributed by atoms with Crippen LogP contribution in [0.5, 0.6) is 0 Å². The van der Waals surface area contributed by atoms with Crippen molar-refractivity contribution in [2.24, 2.45) is 4.99 Å². The van der Waals surface area contributed by atoms with Gasteiger partial charge in [0.2, 0.25) is 0 Å². The fourth-order valence-corrected chi connectivity index (χ4v) is 4.92. The molecule has 0 amide bonds. The van der Waals surface area contributed by atoms with Crippen molar-refractivity contribution in [2.75, 3.05) is 63.6 Å². The van der Waals surface area contributed by atoms with Crippen LogP contribution in [0.1, 0.15) is 19.8 Å². The third-order valence-electron chi connectivity index (χ3n) is 5.19. The van der Waals surface area contributed by atoms with Crippen molar-refractivity contribution in [3.05, 3.63) is 24.4 Å². The molecule has 0 aromatic carbocycles. The average Bonchev–Trinajstić information content (AvgIpc) is 2.71. The van der Waals surface area contributed by atoms with Crippen LogP contribution in [0.15, 0.2) is 29.4 Å². The van der Waals surface area contributed by atoms with E-state index in [-0.39, 0.29) is 4.75 Å². The molecule has 26 heavy (non-hydrogen) atoms. The lowest BCUT2D eigenvalue weighted by atomic mass is 9.99. The molecular formula is C19H31N5OS. The lowest BCUT2D eigenvalue weighted by Crippen LogP contribution is -2.55. The lowest BCUT2D eigenvalue weighted by molar-refractivity contribution is 0.0780. The van der Waals surface area contributed by atoms with Gasteiger partial charge in [0.1, 0.15) is 5.82 Å². The van der Waals surface area contributed by atoms with E-state index >= 15 is 0 Å². The van der Waals surface area contributed by atoms with E-state index < -0.39 is 0 Å². The Hall–Kier alpha value is -1.47. The Morgan fingerprint density at radius 1 is 1.27 bits per heavy atom. The number of rotatable bonds is 5. The van der Waals surface area contributed by atoms with Crippen molar-refractivity contribution in [1.29, 1.82) is 0 Å². The molecule has 1 aromatic heterocycles. The SMILES string of the molecule is CCSC1(CNC(=NC)N2CCN(c3ccccn3)CC2)CCOCC1. The normalized spacial score (nSPS) is 20.9. The van der Waals surface area contributed by atoms with E-state index in [1.165, 1.54) is 0 Å². The lowest BCUT2D eigenvalue weighted by Gasteiger charge is -2.40. The van der Waals surface area contributed by atoms with Gasteiger partial charge in [0.05, 0.1) is 0 Å². The molecule has 1 aromatic rings. The molecule has 2 aliphatic rings. The largest absolute Gasteiger partial charge is 0.381 e. The van der Waals surface area contributed by atoms with Crippen LogP contribution in [0.25, 0.3) is 0 Å². The Kier molecular flexibility index (Phi) is 7.02. The number of thioether (sulfide) groups is 1. The molecule has 0 radical (unpaired) electrons. The molecule has 3 rings (SSSR count). The van der Waals surface area contributed by atoms with Gasteiger partial charge in [0.15, 0.2) is 5.96 Å². The van der Waals surface area contributed by atoms with Gasteiger partial charge in [-0.25, -0.2) is 4.98 Å². The highest BCUT2D eigenvalue weighted by Crippen LogP contribution is 2.34. The minimum Gasteiger partial charge on any atom is -0.381 e. The number of anilines is 1. The first-order valence-corrected chi connectivity index (χ1v) is 10.6. The zero-order valence-corrected chi connectivity index (χ0v) is 16.8. The van der Waals surface area contributed by atoms with Crippen molar-refractivity contribution in [3.63, 3.8) is 0 Å². The number of aliphatic imine (C=N–C) groups is 1. The van der Waals surface area contributed by atoms with Crippen molar-refractivity contribution in [2.45, 2.75) is 24.5 Å². The third-order valence-corrected chi connectivity index (χ3v) is 6.64. The zero-order valence-electron chi connectivity index (χ0n) is 16.0. The Morgan fingerprint density at radius 2 is 2.04 bits per heavy atom. The molecule has 3 heterocycles. The summed E-state index contributed by atoms with van der Waals surface area (Å²) in [7, 11) is 1.89. The first kappa shape index (κ1) is 19.3. The highest BCUT2D eigenvalue weighted by Gasteiger charge is 2.33. The molecule has 6 nitrogen and oxygen atoms in total. The van der Waals surface area contributed by atoms with E-state index in [9.17, 15) is 0 Å². The van der Waals surface area contributed by atoms with Crippen LogP contribution in [-0.4, -0.2) is 79.3 Å². The summed E-state index contributed by atoms with van der Waals surface area (Å²) in [6, 6.07) is 6.10. The van der Waals surface area contributed by atoms with Gasteiger partial charge in [-0.1, -0.05) is 13.0 Å². The van der Waals surface area contributed by atoms with Crippen LogP contribution in [0.4, 0.5) is 5.82 Å². The van der Waals surface area contributed by atoms with E-state index in [0.29, 0.717) is 0 Å². The Balaban J connectivity index is 1.53. The van der Waals surface area contributed by atoms with Crippen LogP contribution < -0.4 is 10.2 Å². The summed E-state index contributed by atoms with van der Waals surface area (Å²) >= 11 is 2.06. The molecule has 1 N–H and O–H groups in total. The first-order valence-electron chi connectivity index (χ1n) is 9.59. The fourth-order valence-electron chi connectivity index (χ4n) is 3.68. The predicted octanol–water partition coefficient (Wildman–Crippen LogP) is 2.08. The minimum absolute atomic E-state index is 0.277. The zero-order chi connectivity index (χ0) is 18.2. The summed E-state index contributed by atoms with van der Waals surface area (Å²) in [5.41, 5.74) is 0. The molecule has 2 aliphatic heterocycles. The molecule has 0 spiro atoms. The van der Waals surface area contributed by atoms with E-state index in [1.54, 1.807) is 0 Å². The van der Waals surface area contributed by atoms with Crippen molar-refractivity contribution in [1.82, 2.24) is 15.2 Å². The maximum atomic E-state index is 5.58. The van der Waals surface area contributed by atoms with Gasteiger partial charge in [0, 0.05) is 63.9 Å². The van der Waals surface area contributed by atoms with Crippen LogP contribution in [-0.2, 0) is 4.74 Å². The second-order valence-corrected chi connectivity index (χ2v) is 8.52. The number of hydrogen-bond acceptors (Lipinski definition) is 5. The average molecular weight is 378 g/mol. The summed E-state index contributed by atoms with van der Waals surface area (Å²) < 4.78 is 5.86. The smallest absolute Gasteiger partial charge is 0.193 e. The van der Waals surface area contributed by atoms with Crippen molar-refractivity contribution in [3.8, 4) is 0 Å². The number of hydrogen-bond donors (Lipinski definition) is 1. The quantitative estimate of drug-likeness (QED) is 0.626. The molecule has 0 saturated carbocycles. The molecule has 2 fully saturated rings. The standard InChI is InChI=1S/C19H31N5OS/c1-3-26-19(7-14-25-15-8-19)16-22-18(20-2)24-12-10-23(11-13-24)17-6-4-5-9-21-17/h4-6,9H,3,7-8,10-16H2,1-2H3,(H,20,22). The maximum Gasteiger partial charge on any atom is 0.193 e. The molecule has 0 unspecified atom stereocenters. The van der Waals surface area contributed by atoms with Gasteiger partial charge in [-0.05, 0) is 30.7 Å². The number of aromatic nitrogens is 1. The molecule has 144 valence electrons. The van der Waals surface area contributed by atoms with Gasteiger partial charge in [-0.3, -0.25) is 4.99 Å².